The third-order valence-corrected chi connectivity index (χ3v) is 5.92. The number of nitrogens with one attached hydrogen (secondary N) is 2. The number of urea groups is 1. The zero-order valence-electron chi connectivity index (χ0n) is 18.0. The van der Waals surface area contributed by atoms with Gasteiger partial charge in [0.25, 0.3) is 10.0 Å². The first-order valence-corrected chi connectivity index (χ1v) is 11.2. The summed E-state index contributed by atoms with van der Waals surface area (Å²) < 4.78 is 27.4. The summed E-state index contributed by atoms with van der Waals surface area (Å²) in [6, 6.07) is 11.6. The van der Waals surface area contributed by atoms with Gasteiger partial charge in [-0.2, -0.15) is 0 Å². The van der Waals surface area contributed by atoms with Crippen LogP contribution < -0.4 is 10.0 Å². The van der Waals surface area contributed by atoms with E-state index in [1.807, 2.05) is 64.9 Å². The summed E-state index contributed by atoms with van der Waals surface area (Å²) in [6.07, 6.45) is 0. The van der Waals surface area contributed by atoms with E-state index in [1.54, 1.807) is 12.1 Å². The lowest BCUT2D eigenvalue weighted by Crippen LogP contribution is -2.35. The highest BCUT2D eigenvalue weighted by Gasteiger charge is 2.21. The van der Waals surface area contributed by atoms with Crippen molar-refractivity contribution in [2.45, 2.75) is 51.0 Å². The van der Waals surface area contributed by atoms with Crippen LogP contribution >= 0.6 is 0 Å². The maximum atomic E-state index is 12.6. The van der Waals surface area contributed by atoms with Gasteiger partial charge in [0.15, 0.2) is 0 Å². The number of anilines is 1. The standard InChI is InChI=1S/C22H31N3O3S/c1-15(2)19-8-7-9-20(16(3)4)21(19)23-22(26)24-29(27,28)18-12-10-17(11-13-18)14-25(5)6/h7-13,15-16H,14H2,1-6H3,(H2,23,24,26). The summed E-state index contributed by atoms with van der Waals surface area (Å²) in [7, 11) is -0.0838. The lowest BCUT2D eigenvalue weighted by Gasteiger charge is -2.20. The van der Waals surface area contributed by atoms with E-state index < -0.39 is 16.1 Å². The number of rotatable bonds is 7. The summed E-state index contributed by atoms with van der Waals surface area (Å²) in [5.74, 6) is 0.370. The van der Waals surface area contributed by atoms with Crippen LogP contribution in [0.1, 0.15) is 56.2 Å². The van der Waals surface area contributed by atoms with Gasteiger partial charge >= 0.3 is 6.03 Å². The van der Waals surface area contributed by atoms with Crippen molar-refractivity contribution in [2.75, 3.05) is 19.4 Å². The van der Waals surface area contributed by atoms with Crippen molar-refractivity contribution in [1.29, 1.82) is 0 Å². The van der Waals surface area contributed by atoms with Crippen LogP contribution in [-0.2, 0) is 16.6 Å². The van der Waals surface area contributed by atoms with Crippen LogP contribution in [0, 0.1) is 0 Å². The van der Waals surface area contributed by atoms with E-state index >= 15 is 0 Å². The molecule has 0 saturated carbocycles. The minimum atomic E-state index is -3.97. The van der Waals surface area contributed by atoms with Crippen molar-refractivity contribution in [3.63, 3.8) is 0 Å². The van der Waals surface area contributed by atoms with Gasteiger partial charge in [-0.1, -0.05) is 58.0 Å². The normalized spacial score (nSPS) is 11.9. The lowest BCUT2D eigenvalue weighted by molar-refractivity contribution is 0.256. The van der Waals surface area contributed by atoms with Gasteiger partial charge in [-0.3, -0.25) is 0 Å². The van der Waals surface area contributed by atoms with Crippen LogP contribution in [0.25, 0.3) is 0 Å². The number of hydrogen-bond donors (Lipinski definition) is 2. The molecule has 6 nitrogen and oxygen atoms in total. The van der Waals surface area contributed by atoms with E-state index in [9.17, 15) is 13.2 Å². The van der Waals surface area contributed by atoms with Gasteiger partial charge < -0.3 is 10.2 Å². The van der Waals surface area contributed by atoms with Crippen LogP contribution in [0.15, 0.2) is 47.4 Å². The Morgan fingerprint density at radius 2 is 1.45 bits per heavy atom. The third-order valence-electron chi connectivity index (χ3n) is 4.57. The molecule has 0 aliphatic rings. The molecule has 2 N–H and O–H groups in total. The smallest absolute Gasteiger partial charge is 0.307 e. The van der Waals surface area contributed by atoms with E-state index in [2.05, 4.69) is 10.0 Å². The third kappa shape index (κ3) is 6.05. The SMILES string of the molecule is CC(C)c1cccc(C(C)C)c1NC(=O)NS(=O)(=O)c1ccc(CN(C)C)cc1. The number of nitrogens with zero attached hydrogens (tertiary/aromatic N) is 1. The Balaban J connectivity index is 2.22. The summed E-state index contributed by atoms with van der Waals surface area (Å²) >= 11 is 0. The first kappa shape index (κ1) is 22.9. The molecule has 2 aromatic rings. The Labute approximate surface area is 174 Å². The van der Waals surface area contributed by atoms with Crippen LogP contribution in [0.5, 0.6) is 0 Å². The molecule has 2 amide bonds. The zero-order valence-corrected chi connectivity index (χ0v) is 18.8. The van der Waals surface area contributed by atoms with E-state index in [4.69, 9.17) is 0 Å². The average molecular weight is 418 g/mol. The predicted octanol–water partition coefficient (Wildman–Crippen LogP) is 4.51. The molecule has 2 aromatic carbocycles. The topological polar surface area (TPSA) is 78.5 Å². The molecule has 0 bridgehead atoms. The van der Waals surface area contributed by atoms with Gasteiger partial charge in [0.1, 0.15) is 0 Å². The number of carbonyl (C=O) groups excluding carboxylic acids is 1. The molecule has 158 valence electrons. The quantitative estimate of drug-likeness (QED) is 0.695. The summed E-state index contributed by atoms with van der Waals surface area (Å²) in [5.41, 5.74) is 3.60. The molecule has 0 aromatic heterocycles. The highest BCUT2D eigenvalue weighted by Crippen LogP contribution is 2.32. The summed E-state index contributed by atoms with van der Waals surface area (Å²) in [5, 5.41) is 2.77. The highest BCUT2D eigenvalue weighted by molar-refractivity contribution is 7.90. The molecule has 0 saturated heterocycles. The van der Waals surface area contributed by atoms with Gasteiger partial charge in [-0.15, -0.1) is 0 Å². The fourth-order valence-electron chi connectivity index (χ4n) is 3.15. The van der Waals surface area contributed by atoms with Gasteiger partial charge in [0.2, 0.25) is 0 Å². The number of hydrogen-bond acceptors (Lipinski definition) is 4. The second-order valence-electron chi connectivity index (χ2n) is 8.06. The van der Waals surface area contributed by atoms with Gasteiger partial charge in [-0.25, -0.2) is 17.9 Å². The van der Waals surface area contributed by atoms with Gasteiger partial charge in [0, 0.05) is 12.2 Å². The van der Waals surface area contributed by atoms with Crippen LogP contribution in [0.4, 0.5) is 10.5 Å². The van der Waals surface area contributed by atoms with Crippen molar-refractivity contribution in [3.8, 4) is 0 Å². The van der Waals surface area contributed by atoms with Gasteiger partial charge in [0.05, 0.1) is 4.90 Å². The van der Waals surface area contributed by atoms with Crippen LogP contribution in [0.2, 0.25) is 0 Å². The molecule has 0 fully saturated rings. The Morgan fingerprint density at radius 1 is 0.931 bits per heavy atom. The number of carbonyl (C=O) groups is 1. The largest absolute Gasteiger partial charge is 0.333 e. The summed E-state index contributed by atoms with van der Waals surface area (Å²) in [6.45, 7) is 8.85. The maximum absolute atomic E-state index is 12.6. The average Bonchev–Trinajstić information content (AvgIpc) is 2.60. The molecule has 0 radical (unpaired) electrons. The minimum absolute atomic E-state index is 0.0522. The molecule has 2 rings (SSSR count). The van der Waals surface area contributed by atoms with Crippen molar-refractivity contribution in [1.82, 2.24) is 9.62 Å². The Kier molecular flexibility index (Phi) is 7.43. The van der Waals surface area contributed by atoms with E-state index in [0.29, 0.717) is 12.2 Å². The summed E-state index contributed by atoms with van der Waals surface area (Å²) in [4.78, 5) is 14.6. The molecule has 29 heavy (non-hydrogen) atoms. The molecule has 0 heterocycles. The minimum Gasteiger partial charge on any atom is -0.307 e. The molecule has 0 unspecified atom stereocenters. The van der Waals surface area contributed by atoms with E-state index in [0.717, 1.165) is 16.7 Å². The Hall–Kier alpha value is -2.38. The molecule has 0 atom stereocenters. The van der Waals surface area contributed by atoms with Gasteiger partial charge in [-0.05, 0) is 54.8 Å². The Bertz CT molecular complexity index is 924. The van der Waals surface area contributed by atoms with Crippen LogP contribution in [0.3, 0.4) is 0 Å². The van der Waals surface area contributed by atoms with Crippen molar-refractivity contribution < 1.29 is 13.2 Å². The first-order chi connectivity index (χ1) is 13.5. The molecular weight excluding hydrogens is 386 g/mol. The van der Waals surface area contributed by atoms with Crippen molar-refractivity contribution >= 4 is 21.7 Å². The predicted molar refractivity (Wildman–Crippen MR) is 118 cm³/mol. The fourth-order valence-corrected chi connectivity index (χ4v) is 4.06. The number of para-hydroxylation sites is 1. The molecule has 7 heteroatoms. The zero-order chi connectivity index (χ0) is 21.8. The molecule has 0 aliphatic heterocycles. The number of benzene rings is 2. The first-order valence-electron chi connectivity index (χ1n) is 9.71. The molecular formula is C22H31N3O3S. The van der Waals surface area contributed by atoms with Crippen molar-refractivity contribution in [3.05, 3.63) is 59.2 Å². The second-order valence-corrected chi connectivity index (χ2v) is 9.74. The lowest BCUT2D eigenvalue weighted by atomic mass is 9.93. The molecule has 0 aliphatic carbocycles. The fraction of sp³-hybridized carbons (Fsp3) is 0.409. The van der Waals surface area contributed by atoms with E-state index in [-0.39, 0.29) is 16.7 Å². The highest BCUT2D eigenvalue weighted by atomic mass is 32.2. The van der Waals surface area contributed by atoms with Crippen LogP contribution in [-0.4, -0.2) is 33.4 Å². The van der Waals surface area contributed by atoms with Crippen molar-refractivity contribution in [2.24, 2.45) is 0 Å². The monoisotopic (exact) mass is 417 g/mol. The Morgan fingerprint density at radius 3 is 1.90 bits per heavy atom. The number of sulfonamides is 1. The number of amides is 2. The van der Waals surface area contributed by atoms with E-state index in [1.165, 1.54) is 12.1 Å². The molecule has 0 spiro atoms. The second kappa shape index (κ2) is 9.41. The maximum Gasteiger partial charge on any atom is 0.333 e.